The Hall–Kier alpha value is -4.25. The molecule has 40 heavy (non-hydrogen) atoms. The summed E-state index contributed by atoms with van der Waals surface area (Å²) in [7, 11) is 2.11. The first-order valence-corrected chi connectivity index (χ1v) is 13.4. The topological polar surface area (TPSA) is 80.2 Å². The largest absolute Gasteiger partial charge is 0.486 e. The Labute approximate surface area is 239 Å². The van der Waals surface area contributed by atoms with E-state index in [0.29, 0.717) is 23.2 Å². The van der Waals surface area contributed by atoms with Gasteiger partial charge in [-0.25, -0.2) is 9.97 Å². The predicted molar refractivity (Wildman–Crippen MR) is 159 cm³/mol. The molecule has 0 amide bonds. The summed E-state index contributed by atoms with van der Waals surface area (Å²) >= 11 is 6.52. The molecule has 4 aromatic rings. The molecule has 7 nitrogen and oxygen atoms in total. The van der Waals surface area contributed by atoms with E-state index < -0.39 is 0 Å². The zero-order valence-corrected chi connectivity index (χ0v) is 23.3. The van der Waals surface area contributed by atoms with Gasteiger partial charge in [0.2, 0.25) is 0 Å². The number of pyridine rings is 1. The van der Waals surface area contributed by atoms with E-state index in [4.69, 9.17) is 16.3 Å². The zero-order valence-electron chi connectivity index (χ0n) is 22.6. The SMILES string of the molecule is C=CC(=O)Cc1cc2c(Nc3ccc(OCc4ccccn4)c(Cl)c3)ncnc2cc1C#C[C@@]1(C)CCN(C)C1. The standard InChI is InChI=1S/C32H30ClN5O2/c1-4-26(39)15-23-16-27-29(17-22(23)10-11-32(2)12-14-38(3)20-32)35-21-36-31(27)37-24-8-9-30(28(33)18-24)40-19-25-7-5-6-13-34-25/h4-9,13,16-18,21H,1,12,14-15,19-20H2,2-3H3,(H,35,36,37)/t32-/m0/s1. The van der Waals surface area contributed by atoms with Gasteiger partial charge in [-0.2, -0.15) is 0 Å². The maximum Gasteiger partial charge on any atom is 0.159 e. The fourth-order valence-corrected chi connectivity index (χ4v) is 4.98. The number of aromatic nitrogens is 3. The van der Waals surface area contributed by atoms with E-state index in [9.17, 15) is 4.79 Å². The van der Waals surface area contributed by atoms with Crippen LogP contribution in [0.1, 0.15) is 30.2 Å². The molecule has 0 bridgehead atoms. The maximum atomic E-state index is 12.4. The fourth-order valence-electron chi connectivity index (χ4n) is 4.75. The smallest absolute Gasteiger partial charge is 0.159 e. The first kappa shape index (κ1) is 27.3. The molecular weight excluding hydrogens is 522 g/mol. The summed E-state index contributed by atoms with van der Waals surface area (Å²) < 4.78 is 5.84. The van der Waals surface area contributed by atoms with Crippen LogP contribution in [-0.2, 0) is 17.8 Å². The van der Waals surface area contributed by atoms with E-state index in [0.717, 1.165) is 52.9 Å². The van der Waals surface area contributed by atoms with Crippen molar-refractivity contribution < 1.29 is 9.53 Å². The van der Waals surface area contributed by atoms with Crippen molar-refractivity contribution >= 4 is 39.8 Å². The van der Waals surface area contributed by atoms with Crippen LogP contribution in [0.25, 0.3) is 10.9 Å². The number of carbonyl (C=O) groups excluding carboxylic acids is 1. The minimum absolute atomic E-state index is 0.0753. The number of nitrogens with zero attached hydrogens (tertiary/aromatic N) is 4. The van der Waals surface area contributed by atoms with Crippen molar-refractivity contribution in [2.45, 2.75) is 26.4 Å². The fraction of sp³-hybridized carbons (Fsp3) is 0.250. The second-order valence-electron chi connectivity index (χ2n) is 10.3. The third-order valence-electron chi connectivity index (χ3n) is 6.91. The summed E-state index contributed by atoms with van der Waals surface area (Å²) in [4.78, 5) is 27.9. The average Bonchev–Trinajstić information content (AvgIpc) is 3.30. The van der Waals surface area contributed by atoms with Gasteiger partial charge in [0.1, 0.15) is 24.5 Å². The van der Waals surface area contributed by atoms with Gasteiger partial charge in [0.25, 0.3) is 0 Å². The third-order valence-corrected chi connectivity index (χ3v) is 7.21. The lowest BCUT2D eigenvalue weighted by molar-refractivity contribution is -0.114. The van der Waals surface area contributed by atoms with Crippen LogP contribution in [0.2, 0.25) is 5.02 Å². The average molecular weight is 552 g/mol. The molecule has 1 aliphatic rings. The molecule has 2 aromatic carbocycles. The Bertz CT molecular complexity index is 1630. The monoisotopic (exact) mass is 551 g/mol. The quantitative estimate of drug-likeness (QED) is 0.213. The van der Waals surface area contributed by atoms with Crippen LogP contribution in [0.4, 0.5) is 11.5 Å². The molecule has 1 atom stereocenters. The molecule has 1 N–H and O–H groups in total. The maximum absolute atomic E-state index is 12.4. The molecule has 8 heteroatoms. The highest BCUT2D eigenvalue weighted by Crippen LogP contribution is 2.32. The number of fused-ring (bicyclic) bond motifs is 1. The van der Waals surface area contributed by atoms with Crippen LogP contribution in [0, 0.1) is 17.3 Å². The van der Waals surface area contributed by atoms with Crippen LogP contribution < -0.4 is 10.1 Å². The van der Waals surface area contributed by atoms with Gasteiger partial charge in [0.05, 0.1) is 16.2 Å². The van der Waals surface area contributed by atoms with Crippen LogP contribution in [-0.4, -0.2) is 45.8 Å². The van der Waals surface area contributed by atoms with Gasteiger partial charge in [-0.05, 0) is 81.0 Å². The zero-order chi connectivity index (χ0) is 28.1. The van der Waals surface area contributed by atoms with Crippen LogP contribution in [0.15, 0.2) is 73.7 Å². The van der Waals surface area contributed by atoms with Gasteiger partial charge >= 0.3 is 0 Å². The number of ether oxygens (including phenoxy) is 1. The van der Waals surface area contributed by atoms with Gasteiger partial charge in [-0.1, -0.05) is 36.1 Å². The lowest BCUT2D eigenvalue weighted by atomic mass is 9.89. The minimum atomic E-state index is -0.0887. The molecule has 2 aromatic heterocycles. The van der Waals surface area contributed by atoms with E-state index in [1.165, 1.54) is 12.4 Å². The first-order chi connectivity index (χ1) is 19.3. The summed E-state index contributed by atoms with van der Waals surface area (Å²) in [6.45, 7) is 8.08. The molecule has 1 fully saturated rings. The molecule has 1 saturated heterocycles. The lowest BCUT2D eigenvalue weighted by Gasteiger charge is -2.16. The number of carbonyl (C=O) groups is 1. The van der Waals surface area contributed by atoms with Crippen molar-refractivity contribution in [3.63, 3.8) is 0 Å². The summed E-state index contributed by atoms with van der Waals surface area (Å²) in [5.41, 5.74) is 3.80. The summed E-state index contributed by atoms with van der Waals surface area (Å²) in [5, 5.41) is 4.58. The molecule has 202 valence electrons. The number of rotatable bonds is 8. The normalized spacial score (nSPS) is 16.8. The molecule has 3 heterocycles. The summed E-state index contributed by atoms with van der Waals surface area (Å²) in [6, 6.07) is 15.0. The van der Waals surface area contributed by atoms with Crippen LogP contribution in [0.5, 0.6) is 5.75 Å². The number of benzene rings is 2. The number of halogens is 1. The predicted octanol–water partition coefficient (Wildman–Crippen LogP) is 5.99. The Morgan fingerprint density at radius 3 is 2.83 bits per heavy atom. The number of likely N-dealkylation sites (tertiary alicyclic amines) is 1. The molecule has 0 saturated carbocycles. The molecule has 0 unspecified atom stereocenters. The van der Waals surface area contributed by atoms with E-state index in [1.54, 1.807) is 18.3 Å². The van der Waals surface area contributed by atoms with Crippen LogP contribution in [0.3, 0.4) is 0 Å². The van der Waals surface area contributed by atoms with E-state index in [1.807, 2.05) is 36.4 Å². The van der Waals surface area contributed by atoms with Gasteiger partial charge in [-0.3, -0.25) is 9.78 Å². The van der Waals surface area contributed by atoms with Crippen molar-refractivity contribution in [3.8, 4) is 17.6 Å². The molecule has 5 rings (SSSR count). The van der Waals surface area contributed by atoms with E-state index in [-0.39, 0.29) is 17.6 Å². The molecule has 0 spiro atoms. The highest BCUT2D eigenvalue weighted by molar-refractivity contribution is 6.32. The Morgan fingerprint density at radius 1 is 1.23 bits per heavy atom. The van der Waals surface area contributed by atoms with Gasteiger partial charge in [0, 0.05) is 41.2 Å². The highest BCUT2D eigenvalue weighted by atomic mass is 35.5. The minimum Gasteiger partial charge on any atom is -0.486 e. The van der Waals surface area contributed by atoms with Crippen molar-refractivity contribution in [3.05, 3.63) is 95.6 Å². The number of allylic oxidation sites excluding steroid dienone is 1. The van der Waals surface area contributed by atoms with Crippen molar-refractivity contribution in [1.82, 2.24) is 19.9 Å². The van der Waals surface area contributed by atoms with E-state index in [2.05, 4.69) is 57.6 Å². The lowest BCUT2D eigenvalue weighted by Crippen LogP contribution is -2.20. The Morgan fingerprint density at radius 2 is 2.10 bits per heavy atom. The molecule has 0 aliphatic carbocycles. The second-order valence-corrected chi connectivity index (χ2v) is 10.7. The molecule has 1 aliphatic heterocycles. The van der Waals surface area contributed by atoms with E-state index >= 15 is 0 Å². The number of hydrogen-bond donors (Lipinski definition) is 1. The molecule has 0 radical (unpaired) electrons. The third kappa shape index (κ3) is 6.48. The number of nitrogens with one attached hydrogen (secondary N) is 1. The second kappa shape index (κ2) is 11.9. The number of hydrogen-bond acceptors (Lipinski definition) is 7. The number of anilines is 2. The summed E-state index contributed by atoms with van der Waals surface area (Å²) in [6.07, 6.45) is 5.78. The molecular formula is C32H30ClN5O2. The van der Waals surface area contributed by atoms with Crippen molar-refractivity contribution in [2.24, 2.45) is 5.41 Å². The van der Waals surface area contributed by atoms with Crippen LogP contribution >= 0.6 is 11.6 Å². The van der Waals surface area contributed by atoms with Crippen molar-refractivity contribution in [2.75, 3.05) is 25.5 Å². The highest BCUT2D eigenvalue weighted by Gasteiger charge is 2.30. The first-order valence-electron chi connectivity index (χ1n) is 13.1. The van der Waals surface area contributed by atoms with Gasteiger partial charge in [-0.15, -0.1) is 0 Å². The van der Waals surface area contributed by atoms with Gasteiger partial charge < -0.3 is 15.0 Å². The Balaban J connectivity index is 1.43. The van der Waals surface area contributed by atoms with Gasteiger partial charge in [0.15, 0.2) is 5.78 Å². The number of ketones is 1. The summed E-state index contributed by atoms with van der Waals surface area (Å²) in [5.74, 6) is 7.91. The van der Waals surface area contributed by atoms with Crippen molar-refractivity contribution in [1.29, 1.82) is 0 Å². The Kier molecular flexibility index (Phi) is 8.11.